The molecule has 0 radical (unpaired) electrons. The third-order valence-corrected chi connectivity index (χ3v) is 3.56. The van der Waals surface area contributed by atoms with Crippen LogP contribution in [0.5, 0.6) is 0 Å². The van der Waals surface area contributed by atoms with Crippen molar-refractivity contribution in [2.45, 2.75) is 38.8 Å². The zero-order chi connectivity index (χ0) is 18.2. The van der Waals surface area contributed by atoms with Gasteiger partial charge in [-0.1, -0.05) is 19.8 Å². The lowest BCUT2D eigenvalue weighted by atomic mass is 10.1. The second kappa shape index (κ2) is 9.46. The van der Waals surface area contributed by atoms with Crippen LogP contribution in [-0.4, -0.2) is 42.6 Å². The van der Waals surface area contributed by atoms with Gasteiger partial charge in [0, 0.05) is 33.0 Å². The fraction of sp³-hybridized carbons (Fsp3) is 0.625. The first kappa shape index (κ1) is 20.2. The Morgan fingerprint density at radius 3 is 2.50 bits per heavy atom. The van der Waals surface area contributed by atoms with E-state index in [2.05, 4.69) is 0 Å². The van der Waals surface area contributed by atoms with Crippen molar-refractivity contribution in [2.24, 2.45) is 0 Å². The lowest BCUT2D eigenvalue weighted by Crippen LogP contribution is -2.37. The molecule has 1 heterocycles. The number of alkyl halides is 3. The van der Waals surface area contributed by atoms with Gasteiger partial charge in [0.05, 0.1) is 5.56 Å². The van der Waals surface area contributed by atoms with E-state index in [0.29, 0.717) is 38.4 Å². The van der Waals surface area contributed by atoms with E-state index in [-0.39, 0.29) is 0 Å². The number of nitrogens with one attached hydrogen (secondary N) is 1. The van der Waals surface area contributed by atoms with E-state index in [4.69, 9.17) is 4.74 Å². The van der Waals surface area contributed by atoms with Gasteiger partial charge < -0.3 is 14.6 Å². The maximum atomic E-state index is 12.8. The predicted molar refractivity (Wildman–Crippen MR) is 84.0 cm³/mol. The van der Waals surface area contributed by atoms with Crippen molar-refractivity contribution in [3.63, 3.8) is 0 Å². The lowest BCUT2D eigenvalue weighted by molar-refractivity contribution is -0.137. The number of hydrogen-bond acceptors (Lipinski definition) is 3. The molecule has 0 fully saturated rings. The molecule has 0 aromatic carbocycles. The SMILES string of the molecule is CCCCCN(CCCOC)C(=O)c1cc(C(F)(F)F)c[nH]c1=O. The van der Waals surface area contributed by atoms with Crippen molar-refractivity contribution in [1.29, 1.82) is 0 Å². The molecule has 0 aliphatic rings. The van der Waals surface area contributed by atoms with Gasteiger partial charge in [0.15, 0.2) is 0 Å². The van der Waals surface area contributed by atoms with Gasteiger partial charge >= 0.3 is 6.18 Å². The summed E-state index contributed by atoms with van der Waals surface area (Å²) in [5, 5.41) is 0. The number of carbonyl (C=O) groups is 1. The van der Waals surface area contributed by atoms with Gasteiger partial charge in [-0.15, -0.1) is 0 Å². The molecule has 1 amide bonds. The Labute approximate surface area is 138 Å². The van der Waals surface area contributed by atoms with Crippen LogP contribution in [0.1, 0.15) is 48.5 Å². The summed E-state index contributed by atoms with van der Waals surface area (Å²) in [4.78, 5) is 27.8. The summed E-state index contributed by atoms with van der Waals surface area (Å²) in [7, 11) is 1.53. The normalized spacial score (nSPS) is 11.5. The van der Waals surface area contributed by atoms with Crippen molar-refractivity contribution in [3.8, 4) is 0 Å². The van der Waals surface area contributed by atoms with E-state index in [1.54, 1.807) is 0 Å². The van der Waals surface area contributed by atoms with E-state index in [9.17, 15) is 22.8 Å². The van der Waals surface area contributed by atoms with Crippen LogP contribution in [0.4, 0.5) is 13.2 Å². The number of halogens is 3. The van der Waals surface area contributed by atoms with E-state index in [1.165, 1.54) is 12.0 Å². The number of nitrogens with zero attached hydrogens (tertiary/aromatic N) is 1. The van der Waals surface area contributed by atoms with Crippen LogP contribution < -0.4 is 5.56 Å². The van der Waals surface area contributed by atoms with Gasteiger partial charge in [-0.2, -0.15) is 13.2 Å². The molecule has 0 saturated heterocycles. The summed E-state index contributed by atoms with van der Waals surface area (Å²) < 4.78 is 43.3. The first-order valence-electron chi connectivity index (χ1n) is 7.89. The van der Waals surface area contributed by atoms with Gasteiger partial charge in [-0.3, -0.25) is 9.59 Å². The highest BCUT2D eigenvalue weighted by atomic mass is 19.4. The molecule has 0 aliphatic heterocycles. The number of rotatable bonds is 9. The topological polar surface area (TPSA) is 62.4 Å². The number of pyridine rings is 1. The first-order chi connectivity index (χ1) is 11.3. The highest BCUT2D eigenvalue weighted by Crippen LogP contribution is 2.28. The molecule has 0 bridgehead atoms. The van der Waals surface area contributed by atoms with Gasteiger partial charge in [-0.05, 0) is 18.9 Å². The first-order valence-corrected chi connectivity index (χ1v) is 7.89. The van der Waals surface area contributed by atoms with Crippen LogP contribution in [0.2, 0.25) is 0 Å². The number of hydrogen-bond donors (Lipinski definition) is 1. The maximum absolute atomic E-state index is 12.8. The smallest absolute Gasteiger partial charge is 0.385 e. The Morgan fingerprint density at radius 2 is 1.92 bits per heavy atom. The quantitative estimate of drug-likeness (QED) is 0.698. The Morgan fingerprint density at radius 1 is 1.25 bits per heavy atom. The van der Waals surface area contributed by atoms with Gasteiger partial charge in [-0.25, -0.2) is 0 Å². The monoisotopic (exact) mass is 348 g/mol. The highest BCUT2D eigenvalue weighted by molar-refractivity contribution is 5.94. The zero-order valence-corrected chi connectivity index (χ0v) is 13.9. The molecule has 0 spiro atoms. The second-order valence-corrected chi connectivity index (χ2v) is 5.47. The minimum Gasteiger partial charge on any atom is -0.385 e. The third-order valence-electron chi connectivity index (χ3n) is 3.56. The standard InChI is InChI=1S/C16H23F3N2O3/c1-3-4-5-7-21(8-6-9-24-2)15(23)13-10-12(16(17,18)19)11-20-14(13)22/h10-11H,3-9H2,1-2H3,(H,20,22). The number of aromatic nitrogens is 1. The molecule has 0 atom stereocenters. The average Bonchev–Trinajstić information content (AvgIpc) is 2.52. The number of methoxy groups -OCH3 is 1. The molecule has 0 saturated carbocycles. The number of aromatic amines is 1. The summed E-state index contributed by atoms with van der Waals surface area (Å²) in [5.74, 6) is -0.686. The summed E-state index contributed by atoms with van der Waals surface area (Å²) >= 11 is 0. The Kier molecular flexibility index (Phi) is 7.97. The fourth-order valence-electron chi connectivity index (χ4n) is 2.24. The Balaban J connectivity index is 3.00. The average molecular weight is 348 g/mol. The largest absolute Gasteiger partial charge is 0.417 e. The van der Waals surface area contributed by atoms with Crippen LogP contribution in [0, 0.1) is 0 Å². The summed E-state index contributed by atoms with van der Waals surface area (Å²) in [6, 6.07) is 0.615. The Bertz CT molecular complexity index is 575. The van der Waals surface area contributed by atoms with Crippen molar-refractivity contribution >= 4 is 5.91 Å². The molecule has 1 rings (SSSR count). The molecule has 5 nitrogen and oxygen atoms in total. The van der Waals surface area contributed by atoms with Crippen LogP contribution in [0.25, 0.3) is 0 Å². The summed E-state index contributed by atoms with van der Waals surface area (Å²) in [5.41, 5.74) is -2.35. The molecule has 1 N–H and O–H groups in total. The predicted octanol–water partition coefficient (Wildman–Crippen LogP) is 3.06. The van der Waals surface area contributed by atoms with E-state index in [1.807, 2.05) is 11.9 Å². The minimum atomic E-state index is -4.62. The number of unbranched alkanes of at least 4 members (excludes halogenated alkanes) is 2. The van der Waals surface area contributed by atoms with Crippen LogP contribution in [0.15, 0.2) is 17.1 Å². The summed E-state index contributed by atoms with van der Waals surface area (Å²) in [6.07, 6.45) is -0.928. The molecular formula is C16H23F3N2O3. The van der Waals surface area contributed by atoms with Crippen molar-refractivity contribution in [3.05, 3.63) is 33.7 Å². The molecule has 8 heteroatoms. The maximum Gasteiger partial charge on any atom is 0.417 e. The molecular weight excluding hydrogens is 325 g/mol. The number of ether oxygens (including phenoxy) is 1. The zero-order valence-electron chi connectivity index (χ0n) is 13.9. The minimum absolute atomic E-state index is 0.325. The van der Waals surface area contributed by atoms with Crippen LogP contribution >= 0.6 is 0 Å². The van der Waals surface area contributed by atoms with Crippen LogP contribution in [0.3, 0.4) is 0 Å². The van der Waals surface area contributed by atoms with E-state index >= 15 is 0 Å². The summed E-state index contributed by atoms with van der Waals surface area (Å²) in [6.45, 7) is 3.16. The van der Waals surface area contributed by atoms with E-state index in [0.717, 1.165) is 19.3 Å². The number of carbonyl (C=O) groups excluding carboxylic acids is 1. The molecule has 136 valence electrons. The highest BCUT2D eigenvalue weighted by Gasteiger charge is 2.32. The lowest BCUT2D eigenvalue weighted by Gasteiger charge is -2.22. The molecule has 0 unspecified atom stereocenters. The van der Waals surface area contributed by atoms with E-state index < -0.39 is 28.8 Å². The van der Waals surface area contributed by atoms with Crippen molar-refractivity contribution in [2.75, 3.05) is 26.8 Å². The second-order valence-electron chi connectivity index (χ2n) is 5.47. The number of H-pyrrole nitrogens is 1. The van der Waals surface area contributed by atoms with Crippen LogP contribution in [-0.2, 0) is 10.9 Å². The van der Waals surface area contributed by atoms with Gasteiger partial charge in [0.1, 0.15) is 5.56 Å². The van der Waals surface area contributed by atoms with Crippen molar-refractivity contribution in [1.82, 2.24) is 9.88 Å². The fourth-order valence-corrected chi connectivity index (χ4v) is 2.24. The molecule has 24 heavy (non-hydrogen) atoms. The third kappa shape index (κ3) is 5.99. The molecule has 1 aromatic heterocycles. The Hall–Kier alpha value is -1.83. The number of amides is 1. The molecule has 1 aromatic rings. The molecule has 0 aliphatic carbocycles. The van der Waals surface area contributed by atoms with Crippen molar-refractivity contribution < 1.29 is 22.7 Å². The van der Waals surface area contributed by atoms with Gasteiger partial charge in [0.25, 0.3) is 11.5 Å². The van der Waals surface area contributed by atoms with Gasteiger partial charge in [0.2, 0.25) is 0 Å².